The monoisotopic (exact) mass is 407 g/mol. The van der Waals surface area contributed by atoms with Crippen molar-refractivity contribution in [1.82, 2.24) is 9.88 Å². The number of nitrogens with zero attached hydrogens (tertiary/aromatic N) is 2. The molecule has 1 N–H and O–H groups in total. The maximum absolute atomic E-state index is 12.4. The molecular weight excluding hydrogens is 390 g/mol. The van der Waals surface area contributed by atoms with Gasteiger partial charge < -0.3 is 9.88 Å². The minimum atomic E-state index is -0.132. The zero-order valence-corrected chi connectivity index (χ0v) is 17.0. The van der Waals surface area contributed by atoms with Crippen LogP contribution in [0.5, 0.6) is 0 Å². The van der Waals surface area contributed by atoms with Gasteiger partial charge in [-0.1, -0.05) is 35.9 Å². The van der Waals surface area contributed by atoms with E-state index < -0.39 is 0 Å². The van der Waals surface area contributed by atoms with Gasteiger partial charge in [-0.3, -0.25) is 4.79 Å². The van der Waals surface area contributed by atoms with Crippen LogP contribution in [0.2, 0.25) is 5.02 Å². The summed E-state index contributed by atoms with van der Waals surface area (Å²) in [7, 11) is 0. The summed E-state index contributed by atoms with van der Waals surface area (Å²) in [5, 5.41) is 4.12. The molecule has 4 rings (SSSR count). The van der Waals surface area contributed by atoms with Gasteiger partial charge in [0.25, 0.3) is 5.91 Å². The summed E-state index contributed by atoms with van der Waals surface area (Å²) in [6.45, 7) is 4.08. The molecule has 4 nitrogen and oxygen atoms in total. The van der Waals surface area contributed by atoms with Crippen LogP contribution in [0, 0.1) is 13.8 Å². The van der Waals surface area contributed by atoms with Crippen LogP contribution in [0.25, 0.3) is 11.8 Å². The maximum atomic E-state index is 12.4. The minimum absolute atomic E-state index is 0.132. The molecule has 0 saturated carbocycles. The average Bonchev–Trinajstić information content (AvgIpc) is 3.14. The number of thioether (sulfide) groups is 1. The van der Waals surface area contributed by atoms with Gasteiger partial charge in [0.05, 0.1) is 10.6 Å². The van der Waals surface area contributed by atoms with E-state index in [0.29, 0.717) is 15.1 Å². The summed E-state index contributed by atoms with van der Waals surface area (Å²) in [6.07, 6.45) is 1.91. The standard InChI is InChI=1S/C22H18ClN3OS/c1-14-11-16(15(2)26(14)19-10-6-7-17(23)13-19)12-20-21(27)25-22(28-20)24-18-8-4-3-5-9-18/h3-13H,1-2H3,(H,24,25,27)/b20-12-. The molecule has 0 radical (unpaired) electrons. The van der Waals surface area contributed by atoms with E-state index in [4.69, 9.17) is 11.6 Å². The third kappa shape index (κ3) is 3.77. The highest BCUT2D eigenvalue weighted by Crippen LogP contribution is 2.30. The van der Waals surface area contributed by atoms with Crippen molar-refractivity contribution in [3.05, 3.63) is 87.5 Å². The topological polar surface area (TPSA) is 46.4 Å². The summed E-state index contributed by atoms with van der Waals surface area (Å²) in [5.41, 5.74) is 4.94. The number of halogens is 1. The molecular formula is C22H18ClN3OS. The third-order valence-corrected chi connectivity index (χ3v) is 5.61. The second-order valence-corrected chi connectivity index (χ2v) is 7.93. The van der Waals surface area contributed by atoms with Crippen molar-refractivity contribution in [2.75, 3.05) is 0 Å². The number of aliphatic imine (C=N–C) groups is 1. The first-order valence-corrected chi connectivity index (χ1v) is 10.0. The van der Waals surface area contributed by atoms with E-state index in [1.165, 1.54) is 11.8 Å². The van der Waals surface area contributed by atoms with Gasteiger partial charge in [0.2, 0.25) is 0 Å². The van der Waals surface area contributed by atoms with Crippen LogP contribution in [0.4, 0.5) is 5.69 Å². The maximum Gasteiger partial charge on any atom is 0.264 e. The number of nitrogens with one attached hydrogen (secondary N) is 1. The quantitative estimate of drug-likeness (QED) is 0.571. The number of aromatic nitrogens is 1. The molecule has 1 fully saturated rings. The number of para-hydroxylation sites is 1. The molecule has 0 bridgehead atoms. The van der Waals surface area contributed by atoms with Crippen LogP contribution >= 0.6 is 23.4 Å². The van der Waals surface area contributed by atoms with Crippen molar-refractivity contribution in [2.45, 2.75) is 13.8 Å². The molecule has 0 unspecified atom stereocenters. The summed E-state index contributed by atoms with van der Waals surface area (Å²) in [6, 6.07) is 19.4. The lowest BCUT2D eigenvalue weighted by Gasteiger charge is -2.09. The molecule has 140 valence electrons. The second kappa shape index (κ2) is 7.70. The van der Waals surface area contributed by atoms with E-state index in [0.717, 1.165) is 28.3 Å². The van der Waals surface area contributed by atoms with Gasteiger partial charge in [-0.15, -0.1) is 0 Å². The lowest BCUT2D eigenvalue weighted by atomic mass is 10.2. The normalized spacial score (nSPS) is 16.8. The van der Waals surface area contributed by atoms with Crippen molar-refractivity contribution in [1.29, 1.82) is 0 Å². The van der Waals surface area contributed by atoms with Crippen LogP contribution in [-0.4, -0.2) is 15.6 Å². The Hall–Kier alpha value is -2.76. The smallest absolute Gasteiger partial charge is 0.264 e. The van der Waals surface area contributed by atoms with Gasteiger partial charge in [0.15, 0.2) is 5.17 Å². The average molecular weight is 408 g/mol. The van der Waals surface area contributed by atoms with Gasteiger partial charge in [-0.05, 0) is 73.6 Å². The number of amides is 1. The highest BCUT2D eigenvalue weighted by Gasteiger charge is 2.24. The molecule has 1 saturated heterocycles. The number of carbonyl (C=O) groups is 1. The number of aryl methyl sites for hydroxylation is 1. The highest BCUT2D eigenvalue weighted by atomic mass is 35.5. The first-order valence-electron chi connectivity index (χ1n) is 8.81. The van der Waals surface area contributed by atoms with Crippen LogP contribution < -0.4 is 5.32 Å². The Bertz CT molecular complexity index is 1120. The minimum Gasteiger partial charge on any atom is -0.318 e. The van der Waals surface area contributed by atoms with Gasteiger partial charge in [-0.25, -0.2) is 4.99 Å². The van der Waals surface area contributed by atoms with Gasteiger partial charge in [0, 0.05) is 22.1 Å². The molecule has 1 aliphatic rings. The summed E-state index contributed by atoms with van der Waals surface area (Å²) < 4.78 is 2.13. The largest absolute Gasteiger partial charge is 0.318 e. The van der Waals surface area contributed by atoms with E-state index in [-0.39, 0.29) is 5.91 Å². The number of amidine groups is 1. The molecule has 2 heterocycles. The van der Waals surface area contributed by atoms with Crippen molar-refractivity contribution in [3.8, 4) is 5.69 Å². The zero-order valence-electron chi connectivity index (χ0n) is 15.4. The van der Waals surface area contributed by atoms with Crippen molar-refractivity contribution in [3.63, 3.8) is 0 Å². The van der Waals surface area contributed by atoms with E-state index in [2.05, 4.69) is 20.9 Å². The SMILES string of the molecule is Cc1cc(/C=C2\SC(=Nc3ccccc3)NC2=O)c(C)n1-c1cccc(Cl)c1. The number of hydrogen-bond donors (Lipinski definition) is 1. The van der Waals surface area contributed by atoms with E-state index in [1.54, 1.807) is 0 Å². The highest BCUT2D eigenvalue weighted by molar-refractivity contribution is 8.18. The van der Waals surface area contributed by atoms with Crippen molar-refractivity contribution in [2.24, 2.45) is 4.99 Å². The van der Waals surface area contributed by atoms with Gasteiger partial charge in [-0.2, -0.15) is 0 Å². The Labute approximate surface area is 172 Å². The Morgan fingerprint density at radius 3 is 2.61 bits per heavy atom. The lowest BCUT2D eigenvalue weighted by Crippen LogP contribution is -2.19. The summed E-state index contributed by atoms with van der Waals surface area (Å²) >= 11 is 7.50. The number of hydrogen-bond acceptors (Lipinski definition) is 3. The zero-order chi connectivity index (χ0) is 19.7. The van der Waals surface area contributed by atoms with Crippen LogP contribution in [0.3, 0.4) is 0 Å². The molecule has 28 heavy (non-hydrogen) atoms. The second-order valence-electron chi connectivity index (χ2n) is 6.46. The predicted octanol–water partition coefficient (Wildman–Crippen LogP) is 5.64. The molecule has 0 atom stereocenters. The Balaban J connectivity index is 1.66. The summed E-state index contributed by atoms with van der Waals surface area (Å²) in [5.74, 6) is -0.132. The van der Waals surface area contributed by atoms with Crippen LogP contribution in [0.1, 0.15) is 17.0 Å². The first-order chi connectivity index (χ1) is 13.5. The Morgan fingerprint density at radius 1 is 1.07 bits per heavy atom. The third-order valence-electron chi connectivity index (χ3n) is 4.46. The van der Waals surface area contributed by atoms with Gasteiger partial charge in [0.1, 0.15) is 0 Å². The molecule has 0 aliphatic carbocycles. The number of rotatable bonds is 3. The van der Waals surface area contributed by atoms with Crippen LogP contribution in [0.15, 0.2) is 70.6 Å². The fraction of sp³-hybridized carbons (Fsp3) is 0.0909. The molecule has 0 spiro atoms. The van der Waals surface area contributed by atoms with Crippen molar-refractivity contribution >= 4 is 46.2 Å². The molecule has 6 heteroatoms. The number of carbonyl (C=O) groups excluding carboxylic acids is 1. The van der Waals surface area contributed by atoms with Crippen LogP contribution in [-0.2, 0) is 4.79 Å². The molecule has 1 aliphatic heterocycles. The predicted molar refractivity (Wildman–Crippen MR) is 118 cm³/mol. The molecule has 2 aromatic carbocycles. The van der Waals surface area contributed by atoms with E-state index >= 15 is 0 Å². The van der Waals surface area contributed by atoms with Crippen molar-refractivity contribution < 1.29 is 4.79 Å². The van der Waals surface area contributed by atoms with Gasteiger partial charge >= 0.3 is 0 Å². The first kappa shape index (κ1) is 18.6. The molecule has 1 aromatic heterocycles. The Morgan fingerprint density at radius 2 is 1.86 bits per heavy atom. The fourth-order valence-corrected chi connectivity index (χ4v) is 4.21. The Kier molecular flexibility index (Phi) is 5.11. The molecule has 1 amide bonds. The lowest BCUT2D eigenvalue weighted by molar-refractivity contribution is -0.115. The molecule has 3 aromatic rings. The number of benzene rings is 2. The van der Waals surface area contributed by atoms with E-state index in [9.17, 15) is 4.79 Å². The summed E-state index contributed by atoms with van der Waals surface area (Å²) in [4.78, 5) is 17.5. The van der Waals surface area contributed by atoms with E-state index in [1.807, 2.05) is 74.5 Å². The fourth-order valence-electron chi connectivity index (χ4n) is 3.19.